The number of sulfonamides is 1. The standard InChI is InChI=1S/C16H17N3O2S/c1-13-12-19-10-5-8-15(16(19)17-13)18-22(20,21)11-9-14-6-3-2-4-7-14/h2-8,10,12,18H,9,11H2,1H3. The molecule has 0 unspecified atom stereocenters. The molecular weight excluding hydrogens is 298 g/mol. The minimum atomic E-state index is -3.42. The predicted molar refractivity (Wildman–Crippen MR) is 87.5 cm³/mol. The molecule has 0 spiro atoms. The second-order valence-corrected chi connectivity index (χ2v) is 7.03. The molecular formula is C16H17N3O2S. The number of fused-ring (bicyclic) bond motifs is 1. The van der Waals surface area contributed by atoms with Gasteiger partial charge >= 0.3 is 0 Å². The van der Waals surface area contributed by atoms with Gasteiger partial charge in [0.05, 0.1) is 17.1 Å². The number of nitrogens with one attached hydrogen (secondary N) is 1. The van der Waals surface area contributed by atoms with Crippen LogP contribution in [0, 0.1) is 6.92 Å². The number of imidazole rings is 1. The molecule has 22 heavy (non-hydrogen) atoms. The number of aromatic nitrogens is 2. The average Bonchev–Trinajstić information content (AvgIpc) is 2.88. The molecule has 0 fully saturated rings. The number of benzene rings is 1. The van der Waals surface area contributed by atoms with E-state index in [1.54, 1.807) is 12.1 Å². The predicted octanol–water partition coefficient (Wildman–Crippen LogP) is 2.63. The Morgan fingerprint density at radius 3 is 2.68 bits per heavy atom. The second-order valence-electron chi connectivity index (χ2n) is 5.19. The molecule has 0 saturated heterocycles. The van der Waals surface area contributed by atoms with E-state index in [2.05, 4.69) is 9.71 Å². The van der Waals surface area contributed by atoms with Gasteiger partial charge in [-0.15, -0.1) is 0 Å². The van der Waals surface area contributed by atoms with Crippen molar-refractivity contribution in [3.63, 3.8) is 0 Å². The highest BCUT2D eigenvalue weighted by Gasteiger charge is 2.13. The largest absolute Gasteiger partial charge is 0.305 e. The van der Waals surface area contributed by atoms with Crippen molar-refractivity contribution in [1.82, 2.24) is 9.38 Å². The van der Waals surface area contributed by atoms with Crippen molar-refractivity contribution < 1.29 is 8.42 Å². The Bertz CT molecular complexity index is 886. The average molecular weight is 315 g/mol. The zero-order valence-electron chi connectivity index (χ0n) is 12.2. The van der Waals surface area contributed by atoms with Crippen LogP contribution in [0.4, 0.5) is 5.69 Å². The van der Waals surface area contributed by atoms with Crippen molar-refractivity contribution in [2.75, 3.05) is 10.5 Å². The number of aryl methyl sites for hydroxylation is 2. The third-order valence-corrected chi connectivity index (χ3v) is 4.64. The third kappa shape index (κ3) is 3.28. The van der Waals surface area contributed by atoms with Gasteiger partial charge in [-0.05, 0) is 31.0 Å². The van der Waals surface area contributed by atoms with Gasteiger partial charge in [-0.2, -0.15) is 0 Å². The molecule has 3 aromatic rings. The highest BCUT2D eigenvalue weighted by atomic mass is 32.2. The van der Waals surface area contributed by atoms with E-state index in [1.165, 1.54) is 0 Å². The Labute approximate surface area is 129 Å². The summed E-state index contributed by atoms with van der Waals surface area (Å²) >= 11 is 0. The molecule has 0 bridgehead atoms. The summed E-state index contributed by atoms with van der Waals surface area (Å²) in [4.78, 5) is 4.35. The topological polar surface area (TPSA) is 63.5 Å². The van der Waals surface area contributed by atoms with Crippen molar-refractivity contribution in [3.05, 3.63) is 66.1 Å². The Hall–Kier alpha value is -2.34. The zero-order valence-corrected chi connectivity index (χ0v) is 13.0. The van der Waals surface area contributed by atoms with Crippen LogP contribution in [0.3, 0.4) is 0 Å². The number of rotatable bonds is 5. The maximum absolute atomic E-state index is 12.3. The van der Waals surface area contributed by atoms with E-state index in [0.29, 0.717) is 17.8 Å². The first kappa shape index (κ1) is 14.6. The van der Waals surface area contributed by atoms with Gasteiger partial charge in [0.25, 0.3) is 0 Å². The van der Waals surface area contributed by atoms with Crippen LogP contribution in [0.1, 0.15) is 11.3 Å². The van der Waals surface area contributed by atoms with Crippen LogP contribution in [0.15, 0.2) is 54.9 Å². The van der Waals surface area contributed by atoms with Gasteiger partial charge in [0.2, 0.25) is 10.0 Å². The van der Waals surface area contributed by atoms with Crippen LogP contribution in [0.5, 0.6) is 0 Å². The van der Waals surface area contributed by atoms with E-state index in [9.17, 15) is 8.42 Å². The van der Waals surface area contributed by atoms with Crippen molar-refractivity contribution >= 4 is 21.4 Å². The molecule has 2 heterocycles. The summed E-state index contributed by atoms with van der Waals surface area (Å²) in [5, 5.41) is 0. The lowest BCUT2D eigenvalue weighted by molar-refractivity contribution is 0.600. The Balaban J connectivity index is 1.78. The lowest BCUT2D eigenvalue weighted by Gasteiger charge is -2.09. The SMILES string of the molecule is Cc1cn2cccc(NS(=O)(=O)CCc3ccccc3)c2n1. The van der Waals surface area contributed by atoms with Gasteiger partial charge in [-0.3, -0.25) is 4.72 Å². The first-order valence-electron chi connectivity index (χ1n) is 7.02. The molecule has 6 heteroatoms. The molecule has 0 amide bonds. The molecule has 0 aliphatic rings. The quantitative estimate of drug-likeness (QED) is 0.787. The molecule has 114 valence electrons. The van der Waals surface area contributed by atoms with Gasteiger partial charge in [-0.25, -0.2) is 13.4 Å². The fraction of sp³-hybridized carbons (Fsp3) is 0.188. The monoisotopic (exact) mass is 315 g/mol. The van der Waals surface area contributed by atoms with Crippen molar-refractivity contribution in [3.8, 4) is 0 Å². The minimum Gasteiger partial charge on any atom is -0.305 e. The number of nitrogens with zero attached hydrogens (tertiary/aromatic N) is 2. The number of hydrogen-bond acceptors (Lipinski definition) is 3. The van der Waals surface area contributed by atoms with Crippen LogP contribution in [-0.4, -0.2) is 23.6 Å². The van der Waals surface area contributed by atoms with Crippen molar-refractivity contribution in [2.24, 2.45) is 0 Å². The highest BCUT2D eigenvalue weighted by molar-refractivity contribution is 7.92. The van der Waals surface area contributed by atoms with E-state index in [1.807, 2.05) is 54.0 Å². The summed E-state index contributed by atoms with van der Waals surface area (Å²) in [5.41, 5.74) is 2.96. The number of hydrogen-bond donors (Lipinski definition) is 1. The third-order valence-electron chi connectivity index (χ3n) is 3.37. The highest BCUT2D eigenvalue weighted by Crippen LogP contribution is 2.18. The Kier molecular flexibility index (Phi) is 3.85. The molecule has 1 aromatic carbocycles. The van der Waals surface area contributed by atoms with Crippen LogP contribution < -0.4 is 4.72 Å². The molecule has 0 radical (unpaired) electrons. The Morgan fingerprint density at radius 2 is 1.91 bits per heavy atom. The van der Waals surface area contributed by atoms with Gasteiger partial charge < -0.3 is 4.40 Å². The molecule has 0 saturated carbocycles. The molecule has 1 N–H and O–H groups in total. The molecule has 3 rings (SSSR count). The molecule has 2 aromatic heterocycles. The van der Waals surface area contributed by atoms with Crippen LogP contribution in [-0.2, 0) is 16.4 Å². The van der Waals surface area contributed by atoms with Crippen molar-refractivity contribution in [1.29, 1.82) is 0 Å². The molecule has 0 aliphatic heterocycles. The normalized spacial score (nSPS) is 11.7. The lowest BCUT2D eigenvalue weighted by atomic mass is 10.2. The summed E-state index contributed by atoms with van der Waals surface area (Å²) in [5.74, 6) is 0.0394. The summed E-state index contributed by atoms with van der Waals surface area (Å²) in [6.45, 7) is 1.88. The van der Waals surface area contributed by atoms with E-state index < -0.39 is 10.0 Å². The summed E-state index contributed by atoms with van der Waals surface area (Å²) < 4.78 is 29.0. The molecule has 5 nitrogen and oxygen atoms in total. The second kappa shape index (κ2) is 5.81. The van der Waals surface area contributed by atoms with E-state index in [-0.39, 0.29) is 5.75 Å². The van der Waals surface area contributed by atoms with E-state index in [4.69, 9.17) is 0 Å². The number of anilines is 1. The maximum atomic E-state index is 12.3. The molecule has 0 atom stereocenters. The first-order valence-corrected chi connectivity index (χ1v) is 8.67. The fourth-order valence-corrected chi connectivity index (χ4v) is 3.43. The van der Waals surface area contributed by atoms with Crippen LogP contribution in [0.25, 0.3) is 5.65 Å². The zero-order chi connectivity index (χ0) is 15.6. The fourth-order valence-electron chi connectivity index (χ4n) is 2.33. The summed E-state index contributed by atoms with van der Waals surface area (Å²) in [6, 6.07) is 13.1. The summed E-state index contributed by atoms with van der Waals surface area (Å²) in [7, 11) is -3.42. The van der Waals surface area contributed by atoms with Gasteiger partial charge in [0, 0.05) is 12.4 Å². The van der Waals surface area contributed by atoms with Gasteiger partial charge in [0.1, 0.15) is 0 Å². The van der Waals surface area contributed by atoms with Crippen molar-refractivity contribution in [2.45, 2.75) is 13.3 Å². The van der Waals surface area contributed by atoms with E-state index >= 15 is 0 Å². The van der Waals surface area contributed by atoms with Crippen LogP contribution in [0.2, 0.25) is 0 Å². The first-order chi connectivity index (χ1) is 10.5. The number of pyridine rings is 1. The van der Waals surface area contributed by atoms with Gasteiger partial charge in [-0.1, -0.05) is 30.3 Å². The van der Waals surface area contributed by atoms with Crippen LogP contribution >= 0.6 is 0 Å². The lowest BCUT2D eigenvalue weighted by Crippen LogP contribution is -2.18. The minimum absolute atomic E-state index is 0.0394. The Morgan fingerprint density at radius 1 is 1.14 bits per heavy atom. The smallest absolute Gasteiger partial charge is 0.233 e. The van der Waals surface area contributed by atoms with Gasteiger partial charge in [0.15, 0.2) is 5.65 Å². The summed E-state index contributed by atoms with van der Waals surface area (Å²) in [6.07, 6.45) is 4.18. The maximum Gasteiger partial charge on any atom is 0.233 e. The van der Waals surface area contributed by atoms with E-state index in [0.717, 1.165) is 11.3 Å². The molecule has 0 aliphatic carbocycles.